The molecular formula is C11H10BrNO2S. The first-order valence-corrected chi connectivity index (χ1v) is 6.68. The number of hydrogen-bond donors (Lipinski definition) is 1. The summed E-state index contributed by atoms with van der Waals surface area (Å²) in [5.74, 6) is 0.591. The maximum absolute atomic E-state index is 11.9. The lowest BCUT2D eigenvalue weighted by atomic mass is 10.2. The van der Waals surface area contributed by atoms with Gasteiger partial charge >= 0.3 is 0 Å². The fourth-order valence-corrected chi connectivity index (χ4v) is 2.91. The number of amides is 1. The van der Waals surface area contributed by atoms with Crippen molar-refractivity contribution in [2.24, 2.45) is 0 Å². The number of thioether (sulfide) groups is 1. The summed E-state index contributed by atoms with van der Waals surface area (Å²) >= 11 is 4.59. The molecule has 1 aliphatic rings. The van der Waals surface area contributed by atoms with Gasteiger partial charge in [0.15, 0.2) is 0 Å². The van der Waals surface area contributed by atoms with Gasteiger partial charge in [-0.15, -0.1) is 0 Å². The van der Waals surface area contributed by atoms with E-state index in [0.717, 1.165) is 16.6 Å². The van der Waals surface area contributed by atoms with Crippen LogP contribution < -0.4 is 5.32 Å². The van der Waals surface area contributed by atoms with Gasteiger partial charge in [0.2, 0.25) is 5.12 Å². The predicted octanol–water partition coefficient (Wildman–Crippen LogP) is 2.21. The fraction of sp³-hybridized carbons (Fsp3) is 0.273. The van der Waals surface area contributed by atoms with Gasteiger partial charge in [0.1, 0.15) is 0 Å². The maximum atomic E-state index is 11.9. The number of benzene rings is 1. The van der Waals surface area contributed by atoms with Crippen molar-refractivity contribution in [1.29, 1.82) is 0 Å². The van der Waals surface area contributed by atoms with Gasteiger partial charge in [0.25, 0.3) is 5.91 Å². The largest absolute Gasteiger partial charge is 0.341 e. The molecule has 0 bridgehead atoms. The molecule has 1 saturated heterocycles. The number of nitrogens with one attached hydrogen (secondary N) is 1. The number of carbonyl (C=O) groups is 2. The van der Waals surface area contributed by atoms with Gasteiger partial charge in [-0.25, -0.2) is 0 Å². The molecule has 1 unspecified atom stereocenters. The zero-order chi connectivity index (χ0) is 11.5. The Labute approximate surface area is 106 Å². The summed E-state index contributed by atoms with van der Waals surface area (Å²) < 4.78 is 0.741. The van der Waals surface area contributed by atoms with Crippen LogP contribution >= 0.6 is 27.7 Å². The Morgan fingerprint density at radius 2 is 2.19 bits per heavy atom. The van der Waals surface area contributed by atoms with Gasteiger partial charge in [-0.1, -0.05) is 23.9 Å². The maximum Gasteiger partial charge on any atom is 0.253 e. The highest BCUT2D eigenvalue weighted by molar-refractivity contribution is 9.10. The number of rotatable bonds is 2. The third-order valence-corrected chi connectivity index (χ3v) is 4.06. The minimum absolute atomic E-state index is 0.0559. The summed E-state index contributed by atoms with van der Waals surface area (Å²) in [6.07, 6.45) is 0.722. The first kappa shape index (κ1) is 11.7. The van der Waals surface area contributed by atoms with Crippen LogP contribution in [-0.4, -0.2) is 22.8 Å². The van der Waals surface area contributed by atoms with Gasteiger partial charge in [-0.3, -0.25) is 9.59 Å². The van der Waals surface area contributed by atoms with E-state index >= 15 is 0 Å². The standard InChI is InChI=1S/C11H10BrNO2S/c12-8-4-2-1-3-7(8)10(14)13-9-5-6-16-11(9)15/h1-4,9H,5-6H2,(H,13,14). The van der Waals surface area contributed by atoms with E-state index in [-0.39, 0.29) is 17.1 Å². The molecule has 0 saturated carbocycles. The molecule has 1 aromatic rings. The van der Waals surface area contributed by atoms with E-state index in [1.165, 1.54) is 11.8 Å². The van der Waals surface area contributed by atoms with Crippen LogP contribution in [0.4, 0.5) is 0 Å². The van der Waals surface area contributed by atoms with E-state index in [1.807, 2.05) is 6.07 Å². The quantitative estimate of drug-likeness (QED) is 0.911. The summed E-state index contributed by atoms with van der Waals surface area (Å²) in [6, 6.07) is 6.85. The van der Waals surface area contributed by atoms with Crippen molar-refractivity contribution in [2.75, 3.05) is 5.75 Å². The summed E-state index contributed by atoms with van der Waals surface area (Å²) in [6.45, 7) is 0. The number of hydrogen-bond acceptors (Lipinski definition) is 3. The molecule has 0 radical (unpaired) electrons. The van der Waals surface area contributed by atoms with E-state index in [9.17, 15) is 9.59 Å². The van der Waals surface area contributed by atoms with Crippen LogP contribution in [0, 0.1) is 0 Å². The van der Waals surface area contributed by atoms with Gasteiger partial charge in [0, 0.05) is 10.2 Å². The highest BCUT2D eigenvalue weighted by atomic mass is 79.9. The van der Waals surface area contributed by atoms with Crippen LogP contribution in [0.25, 0.3) is 0 Å². The van der Waals surface area contributed by atoms with Gasteiger partial charge in [0.05, 0.1) is 11.6 Å². The van der Waals surface area contributed by atoms with Crippen LogP contribution in [0.5, 0.6) is 0 Å². The molecule has 16 heavy (non-hydrogen) atoms. The van der Waals surface area contributed by atoms with Crippen LogP contribution in [0.3, 0.4) is 0 Å². The molecule has 3 nitrogen and oxygen atoms in total. The Balaban J connectivity index is 2.09. The molecule has 1 atom stereocenters. The van der Waals surface area contributed by atoms with E-state index < -0.39 is 0 Å². The molecule has 5 heteroatoms. The van der Waals surface area contributed by atoms with Crippen molar-refractivity contribution in [2.45, 2.75) is 12.5 Å². The lowest BCUT2D eigenvalue weighted by molar-refractivity contribution is -0.112. The fourth-order valence-electron chi connectivity index (χ4n) is 1.51. The topological polar surface area (TPSA) is 46.2 Å². The average Bonchev–Trinajstić information content (AvgIpc) is 2.65. The van der Waals surface area contributed by atoms with Crippen molar-refractivity contribution in [3.05, 3.63) is 34.3 Å². The molecule has 2 rings (SSSR count). The molecule has 84 valence electrons. The molecule has 1 heterocycles. The van der Waals surface area contributed by atoms with Crippen molar-refractivity contribution >= 4 is 38.7 Å². The monoisotopic (exact) mass is 299 g/mol. The molecule has 0 spiro atoms. The van der Waals surface area contributed by atoms with E-state index in [0.29, 0.717) is 5.56 Å². The molecule has 0 aromatic heterocycles. The number of carbonyl (C=O) groups excluding carboxylic acids is 2. The smallest absolute Gasteiger partial charge is 0.253 e. The molecule has 1 N–H and O–H groups in total. The molecule has 1 amide bonds. The van der Waals surface area contributed by atoms with E-state index in [4.69, 9.17) is 0 Å². The molecule has 1 aromatic carbocycles. The van der Waals surface area contributed by atoms with Crippen molar-refractivity contribution in [3.8, 4) is 0 Å². The van der Waals surface area contributed by atoms with E-state index in [1.54, 1.807) is 18.2 Å². The van der Waals surface area contributed by atoms with Crippen LogP contribution in [0.1, 0.15) is 16.8 Å². The summed E-state index contributed by atoms with van der Waals surface area (Å²) in [5.41, 5.74) is 0.562. The Hall–Kier alpha value is -0.810. The van der Waals surface area contributed by atoms with Crippen LogP contribution in [0.15, 0.2) is 28.7 Å². The normalized spacial score (nSPS) is 19.8. The van der Waals surface area contributed by atoms with Crippen molar-refractivity contribution < 1.29 is 9.59 Å². The minimum atomic E-state index is -0.329. The van der Waals surface area contributed by atoms with Gasteiger partial charge < -0.3 is 5.32 Å². The Bertz CT molecular complexity index is 436. The molecular weight excluding hydrogens is 290 g/mol. The molecule has 0 aliphatic carbocycles. The Morgan fingerprint density at radius 3 is 2.81 bits per heavy atom. The van der Waals surface area contributed by atoms with Gasteiger partial charge in [-0.05, 0) is 34.5 Å². The zero-order valence-electron chi connectivity index (χ0n) is 8.40. The minimum Gasteiger partial charge on any atom is -0.341 e. The summed E-state index contributed by atoms with van der Waals surface area (Å²) in [5, 5.41) is 2.80. The van der Waals surface area contributed by atoms with Crippen molar-refractivity contribution in [1.82, 2.24) is 5.32 Å². The highest BCUT2D eigenvalue weighted by Crippen LogP contribution is 2.21. The predicted molar refractivity (Wildman–Crippen MR) is 67.5 cm³/mol. The lowest BCUT2D eigenvalue weighted by Crippen LogP contribution is -2.37. The zero-order valence-corrected chi connectivity index (χ0v) is 10.8. The van der Waals surface area contributed by atoms with Gasteiger partial charge in [-0.2, -0.15) is 0 Å². The lowest BCUT2D eigenvalue weighted by Gasteiger charge is -2.10. The summed E-state index contributed by atoms with van der Waals surface area (Å²) in [4.78, 5) is 23.2. The summed E-state index contributed by atoms with van der Waals surface area (Å²) in [7, 11) is 0. The first-order valence-electron chi connectivity index (χ1n) is 4.90. The highest BCUT2D eigenvalue weighted by Gasteiger charge is 2.27. The van der Waals surface area contributed by atoms with Crippen LogP contribution in [-0.2, 0) is 4.79 Å². The Morgan fingerprint density at radius 1 is 1.44 bits per heavy atom. The second kappa shape index (κ2) is 5.01. The first-order chi connectivity index (χ1) is 7.68. The van der Waals surface area contributed by atoms with Crippen LogP contribution in [0.2, 0.25) is 0 Å². The SMILES string of the molecule is O=C(NC1CCSC1=O)c1ccccc1Br. The van der Waals surface area contributed by atoms with E-state index in [2.05, 4.69) is 21.2 Å². The second-order valence-corrected chi connectivity index (χ2v) is 5.42. The average molecular weight is 300 g/mol. The molecule has 1 fully saturated rings. The third-order valence-electron chi connectivity index (χ3n) is 2.36. The Kier molecular flexibility index (Phi) is 3.66. The second-order valence-electron chi connectivity index (χ2n) is 3.46. The number of halogens is 1. The third kappa shape index (κ3) is 2.47. The molecule has 1 aliphatic heterocycles. The van der Waals surface area contributed by atoms with Crippen molar-refractivity contribution in [3.63, 3.8) is 0 Å².